The third-order valence-corrected chi connectivity index (χ3v) is 8.01. The standard InChI is InChI=1S/C27H37N5O3/c1-17-5-8-21-22(13-17)35-27(9-11-31(12-10-27)26(33)34-16-20-6-7-20)24-23(21)29-25(30(24)4)32-14-18(2)28-19(3)15-32/h5,8,13,18-20,28H,6-7,9-12,14-16H2,1-4H3/t18-,19+. The first-order chi connectivity index (χ1) is 16.8. The van der Waals surface area contributed by atoms with Gasteiger partial charge in [-0.3, -0.25) is 0 Å². The number of likely N-dealkylation sites (tertiary alicyclic amines) is 1. The Balaban J connectivity index is 1.34. The van der Waals surface area contributed by atoms with Crippen LogP contribution < -0.4 is 15.0 Å². The number of ether oxygens (including phenoxy) is 2. The zero-order valence-corrected chi connectivity index (χ0v) is 21.3. The second kappa shape index (κ2) is 8.43. The summed E-state index contributed by atoms with van der Waals surface area (Å²) in [6, 6.07) is 7.20. The summed E-state index contributed by atoms with van der Waals surface area (Å²) in [7, 11) is 2.12. The van der Waals surface area contributed by atoms with Gasteiger partial charge in [0.05, 0.1) is 12.3 Å². The Morgan fingerprint density at radius 1 is 1.20 bits per heavy atom. The summed E-state index contributed by atoms with van der Waals surface area (Å²) in [5.41, 5.74) is 3.88. The predicted octanol–water partition coefficient (Wildman–Crippen LogP) is 3.81. The molecule has 4 heterocycles. The lowest BCUT2D eigenvalue weighted by Gasteiger charge is -2.44. The van der Waals surface area contributed by atoms with Gasteiger partial charge in [-0.15, -0.1) is 0 Å². The van der Waals surface area contributed by atoms with Crippen LogP contribution in [0.1, 0.15) is 50.8 Å². The van der Waals surface area contributed by atoms with Gasteiger partial charge in [-0.1, -0.05) is 6.07 Å². The molecule has 3 fully saturated rings. The Labute approximate surface area is 207 Å². The maximum Gasteiger partial charge on any atom is 0.409 e. The molecule has 4 aliphatic rings. The van der Waals surface area contributed by atoms with Gasteiger partial charge in [-0.05, 0) is 57.2 Å². The van der Waals surface area contributed by atoms with Gasteiger partial charge >= 0.3 is 6.09 Å². The number of piperidine rings is 1. The molecule has 1 N–H and O–H groups in total. The summed E-state index contributed by atoms with van der Waals surface area (Å²) in [5, 5.41) is 3.62. The van der Waals surface area contributed by atoms with Gasteiger partial charge in [0.15, 0.2) is 5.60 Å². The Kier molecular flexibility index (Phi) is 5.47. The number of nitrogens with zero attached hydrogens (tertiary/aromatic N) is 4. The number of piperazine rings is 1. The van der Waals surface area contributed by atoms with Crippen LogP contribution in [-0.4, -0.2) is 65.4 Å². The lowest BCUT2D eigenvalue weighted by atomic mass is 9.83. The van der Waals surface area contributed by atoms with Crippen molar-refractivity contribution in [3.8, 4) is 17.0 Å². The number of carbonyl (C=O) groups excluding carboxylic acids is 1. The van der Waals surface area contributed by atoms with Crippen LogP contribution in [0, 0.1) is 12.8 Å². The van der Waals surface area contributed by atoms with Crippen molar-refractivity contribution in [1.82, 2.24) is 19.8 Å². The molecule has 1 amide bonds. The minimum absolute atomic E-state index is 0.187. The van der Waals surface area contributed by atoms with Gasteiger partial charge in [0.2, 0.25) is 5.95 Å². The number of benzene rings is 1. The number of aryl methyl sites for hydroxylation is 1. The molecular formula is C27H37N5O3. The van der Waals surface area contributed by atoms with E-state index in [0.717, 1.165) is 54.6 Å². The molecule has 8 nitrogen and oxygen atoms in total. The SMILES string of the molecule is Cc1ccc2c(c1)OC1(CCN(C(=O)OCC3CC3)CC1)c1c-2nc(N2C[C@@H](C)N[C@@H](C)C2)n1C. The van der Waals surface area contributed by atoms with Crippen molar-refractivity contribution < 1.29 is 14.3 Å². The van der Waals surface area contributed by atoms with E-state index in [-0.39, 0.29) is 6.09 Å². The lowest BCUT2D eigenvalue weighted by molar-refractivity contribution is -0.0109. The van der Waals surface area contributed by atoms with Crippen LogP contribution >= 0.6 is 0 Å². The molecule has 35 heavy (non-hydrogen) atoms. The smallest absolute Gasteiger partial charge is 0.409 e. The number of nitrogens with one attached hydrogen (secondary N) is 1. The fourth-order valence-corrected chi connectivity index (χ4v) is 6.09. The highest BCUT2D eigenvalue weighted by Gasteiger charge is 2.48. The molecule has 0 bridgehead atoms. The summed E-state index contributed by atoms with van der Waals surface area (Å²) in [4.78, 5) is 22.2. The van der Waals surface area contributed by atoms with Crippen LogP contribution in [0.4, 0.5) is 10.7 Å². The normalized spacial score (nSPS) is 25.1. The summed E-state index contributed by atoms with van der Waals surface area (Å²) in [5.74, 6) is 2.47. The van der Waals surface area contributed by atoms with Crippen LogP contribution in [0.2, 0.25) is 0 Å². The number of hydrogen-bond donors (Lipinski definition) is 1. The highest BCUT2D eigenvalue weighted by Crippen LogP contribution is 2.50. The Hall–Kier alpha value is -2.74. The van der Waals surface area contributed by atoms with Gasteiger partial charge < -0.3 is 29.2 Å². The molecule has 2 saturated heterocycles. The van der Waals surface area contributed by atoms with Crippen LogP contribution in [0.15, 0.2) is 18.2 Å². The summed E-state index contributed by atoms with van der Waals surface area (Å²) < 4.78 is 14.7. The van der Waals surface area contributed by atoms with Gasteiger partial charge in [0, 0.05) is 63.7 Å². The van der Waals surface area contributed by atoms with E-state index in [4.69, 9.17) is 14.5 Å². The summed E-state index contributed by atoms with van der Waals surface area (Å²) in [6.45, 7) is 10.2. The Bertz CT molecular complexity index is 1120. The minimum Gasteiger partial charge on any atom is -0.480 e. The molecule has 1 aromatic carbocycles. The summed E-state index contributed by atoms with van der Waals surface area (Å²) in [6.07, 6.45) is 3.62. The molecular weight excluding hydrogens is 442 g/mol. The van der Waals surface area contributed by atoms with Crippen LogP contribution in [0.3, 0.4) is 0 Å². The van der Waals surface area contributed by atoms with Crippen LogP contribution in [-0.2, 0) is 17.4 Å². The highest BCUT2D eigenvalue weighted by molar-refractivity contribution is 5.75. The first-order valence-corrected chi connectivity index (χ1v) is 13.1. The fourth-order valence-electron chi connectivity index (χ4n) is 6.09. The molecule has 2 atom stereocenters. The van der Waals surface area contributed by atoms with Gasteiger partial charge in [-0.2, -0.15) is 0 Å². The average Bonchev–Trinajstić information content (AvgIpc) is 3.58. The highest BCUT2D eigenvalue weighted by atomic mass is 16.6. The first-order valence-electron chi connectivity index (χ1n) is 13.1. The van der Waals surface area contributed by atoms with Crippen molar-refractivity contribution >= 4 is 12.0 Å². The Morgan fingerprint density at radius 2 is 1.91 bits per heavy atom. The second-order valence-corrected chi connectivity index (χ2v) is 11.1. The van der Waals surface area contributed by atoms with Crippen molar-refractivity contribution in [2.45, 2.75) is 64.1 Å². The molecule has 8 heteroatoms. The quantitative estimate of drug-likeness (QED) is 0.722. The largest absolute Gasteiger partial charge is 0.480 e. The molecule has 188 valence electrons. The predicted molar refractivity (Wildman–Crippen MR) is 135 cm³/mol. The lowest BCUT2D eigenvalue weighted by Crippen LogP contribution is -2.55. The van der Waals surface area contributed by atoms with Crippen molar-refractivity contribution in [2.75, 3.05) is 37.7 Å². The molecule has 1 aromatic heterocycles. The number of anilines is 1. The zero-order chi connectivity index (χ0) is 24.3. The molecule has 1 aliphatic carbocycles. The maximum absolute atomic E-state index is 12.7. The number of carbonyl (C=O) groups is 1. The maximum atomic E-state index is 12.7. The second-order valence-electron chi connectivity index (χ2n) is 11.1. The van der Waals surface area contributed by atoms with Crippen LogP contribution in [0.25, 0.3) is 11.3 Å². The number of imidazole rings is 1. The van der Waals surface area contributed by atoms with Crippen molar-refractivity contribution in [1.29, 1.82) is 0 Å². The van der Waals surface area contributed by atoms with Crippen molar-refractivity contribution in [3.05, 3.63) is 29.5 Å². The Morgan fingerprint density at radius 3 is 2.60 bits per heavy atom. The van der Waals surface area contributed by atoms with Gasteiger partial charge in [0.1, 0.15) is 11.4 Å². The number of hydrogen-bond acceptors (Lipinski definition) is 6. The topological polar surface area (TPSA) is 71.9 Å². The number of amides is 1. The third kappa shape index (κ3) is 4.05. The van der Waals surface area contributed by atoms with E-state index in [0.29, 0.717) is 37.7 Å². The zero-order valence-electron chi connectivity index (χ0n) is 21.3. The van der Waals surface area contributed by atoms with Gasteiger partial charge in [-0.25, -0.2) is 9.78 Å². The molecule has 6 rings (SSSR count). The molecule has 1 saturated carbocycles. The number of rotatable bonds is 3. The third-order valence-electron chi connectivity index (χ3n) is 8.01. The molecule has 1 spiro atoms. The molecule has 0 unspecified atom stereocenters. The van der Waals surface area contributed by atoms with E-state index in [1.54, 1.807) is 0 Å². The number of aromatic nitrogens is 2. The fraction of sp³-hybridized carbons (Fsp3) is 0.630. The van der Waals surface area contributed by atoms with E-state index < -0.39 is 5.60 Å². The van der Waals surface area contributed by atoms with E-state index >= 15 is 0 Å². The van der Waals surface area contributed by atoms with E-state index in [1.165, 1.54) is 18.4 Å². The van der Waals surface area contributed by atoms with Gasteiger partial charge in [0.25, 0.3) is 0 Å². The molecule has 3 aliphatic heterocycles. The first kappa shape index (κ1) is 22.7. The summed E-state index contributed by atoms with van der Waals surface area (Å²) >= 11 is 0. The number of fused-ring (bicyclic) bond motifs is 4. The van der Waals surface area contributed by atoms with Crippen LogP contribution in [0.5, 0.6) is 5.75 Å². The van der Waals surface area contributed by atoms with Crippen molar-refractivity contribution in [2.24, 2.45) is 13.0 Å². The van der Waals surface area contributed by atoms with E-state index in [1.807, 2.05) is 4.90 Å². The minimum atomic E-state index is -0.505. The molecule has 0 radical (unpaired) electrons. The van der Waals surface area contributed by atoms with E-state index in [2.05, 4.69) is 60.8 Å². The molecule has 2 aromatic rings. The van der Waals surface area contributed by atoms with Crippen molar-refractivity contribution in [3.63, 3.8) is 0 Å². The van der Waals surface area contributed by atoms with E-state index in [9.17, 15) is 4.79 Å². The monoisotopic (exact) mass is 479 g/mol. The average molecular weight is 480 g/mol.